The first-order chi connectivity index (χ1) is 10.1. The molecule has 0 aliphatic carbocycles. The predicted molar refractivity (Wildman–Crippen MR) is 78.3 cm³/mol. The summed E-state index contributed by atoms with van der Waals surface area (Å²) < 4.78 is 5.34. The minimum absolute atomic E-state index is 0.186. The van der Waals surface area contributed by atoms with Gasteiger partial charge in [-0.05, 0) is 36.2 Å². The molecule has 2 unspecified atom stereocenters. The topological polar surface area (TPSA) is 49.9 Å². The number of epoxide rings is 1. The third-order valence-corrected chi connectivity index (χ3v) is 4.31. The molecular formula is C17H15NO3. The maximum Gasteiger partial charge on any atom is 0.261 e. The van der Waals surface area contributed by atoms with E-state index >= 15 is 0 Å². The van der Waals surface area contributed by atoms with Gasteiger partial charge in [0.2, 0.25) is 0 Å². The van der Waals surface area contributed by atoms with Gasteiger partial charge in [-0.1, -0.05) is 24.3 Å². The number of fused-ring (bicyclic) bond motifs is 2. The van der Waals surface area contributed by atoms with E-state index in [4.69, 9.17) is 4.74 Å². The van der Waals surface area contributed by atoms with Crippen molar-refractivity contribution in [2.24, 2.45) is 0 Å². The summed E-state index contributed by atoms with van der Waals surface area (Å²) in [6, 6.07) is 11.4. The Kier molecular flexibility index (Phi) is 2.62. The highest BCUT2D eigenvalue weighted by atomic mass is 16.6. The lowest BCUT2D eigenvalue weighted by Crippen LogP contribution is -2.31. The number of ether oxygens (including phenoxy) is 1. The van der Waals surface area contributed by atoms with Gasteiger partial charge in [0.25, 0.3) is 11.8 Å². The number of amides is 2. The Morgan fingerprint density at radius 3 is 2.05 bits per heavy atom. The normalized spacial score (nSPS) is 23.8. The van der Waals surface area contributed by atoms with Crippen LogP contribution in [-0.4, -0.2) is 35.5 Å². The Bertz CT molecular complexity index is 713. The molecule has 0 saturated carbocycles. The first kappa shape index (κ1) is 12.5. The van der Waals surface area contributed by atoms with Crippen LogP contribution in [0.1, 0.15) is 34.1 Å². The van der Waals surface area contributed by atoms with Gasteiger partial charge in [-0.3, -0.25) is 14.5 Å². The van der Waals surface area contributed by atoms with E-state index in [0.29, 0.717) is 24.1 Å². The van der Waals surface area contributed by atoms with Gasteiger partial charge in [-0.15, -0.1) is 0 Å². The van der Waals surface area contributed by atoms with Gasteiger partial charge in [0.05, 0.1) is 23.3 Å². The molecular weight excluding hydrogens is 266 g/mol. The second-order valence-corrected chi connectivity index (χ2v) is 5.68. The molecule has 2 amide bonds. The van der Waals surface area contributed by atoms with E-state index in [1.54, 1.807) is 0 Å². The Morgan fingerprint density at radius 2 is 1.57 bits per heavy atom. The number of rotatable bonds is 3. The van der Waals surface area contributed by atoms with E-state index in [-0.39, 0.29) is 24.0 Å². The van der Waals surface area contributed by atoms with Gasteiger partial charge < -0.3 is 4.74 Å². The quantitative estimate of drug-likeness (QED) is 0.642. The number of benzene rings is 2. The van der Waals surface area contributed by atoms with Crippen LogP contribution >= 0.6 is 0 Å². The number of carbonyl (C=O) groups is 2. The molecule has 0 spiro atoms. The Balaban J connectivity index is 1.67. The molecule has 2 heterocycles. The molecule has 0 aromatic heterocycles. The zero-order chi connectivity index (χ0) is 14.6. The van der Waals surface area contributed by atoms with E-state index in [0.717, 1.165) is 10.8 Å². The van der Waals surface area contributed by atoms with Crippen molar-refractivity contribution in [2.45, 2.75) is 25.6 Å². The summed E-state index contributed by atoms with van der Waals surface area (Å²) in [5.74, 6) is -0.372. The first-order valence-corrected chi connectivity index (χ1v) is 7.19. The minimum Gasteiger partial charge on any atom is -0.370 e. The zero-order valence-corrected chi connectivity index (χ0v) is 11.7. The van der Waals surface area contributed by atoms with Crippen molar-refractivity contribution in [3.63, 3.8) is 0 Å². The lowest BCUT2D eigenvalue weighted by atomic mass is 10.0. The number of hydrogen-bond donors (Lipinski definition) is 0. The van der Waals surface area contributed by atoms with Crippen LogP contribution < -0.4 is 0 Å². The summed E-state index contributed by atoms with van der Waals surface area (Å²) in [7, 11) is 0. The lowest BCUT2D eigenvalue weighted by molar-refractivity contribution is 0.0650. The summed E-state index contributed by atoms with van der Waals surface area (Å²) in [5, 5.41) is 1.97. The van der Waals surface area contributed by atoms with Crippen LogP contribution in [0.4, 0.5) is 0 Å². The largest absolute Gasteiger partial charge is 0.370 e. The molecule has 0 N–H and O–H groups in total. The van der Waals surface area contributed by atoms with Crippen molar-refractivity contribution < 1.29 is 14.3 Å². The monoisotopic (exact) mass is 281 g/mol. The predicted octanol–water partition coefficient (Wildman–Crippen LogP) is 2.61. The fourth-order valence-electron chi connectivity index (χ4n) is 2.97. The summed E-state index contributed by atoms with van der Waals surface area (Å²) in [6.07, 6.45) is 1.16. The van der Waals surface area contributed by atoms with Gasteiger partial charge in [-0.25, -0.2) is 0 Å². The van der Waals surface area contributed by atoms with Crippen molar-refractivity contribution in [1.82, 2.24) is 4.90 Å². The van der Waals surface area contributed by atoms with Crippen LogP contribution in [0.3, 0.4) is 0 Å². The highest BCUT2D eigenvalue weighted by Gasteiger charge is 2.39. The van der Waals surface area contributed by atoms with E-state index < -0.39 is 0 Å². The van der Waals surface area contributed by atoms with E-state index in [2.05, 4.69) is 0 Å². The molecule has 2 atom stereocenters. The molecule has 0 radical (unpaired) electrons. The van der Waals surface area contributed by atoms with Gasteiger partial charge in [0.15, 0.2) is 0 Å². The molecule has 2 aromatic carbocycles. The maximum atomic E-state index is 12.4. The minimum atomic E-state index is -0.186. The summed E-state index contributed by atoms with van der Waals surface area (Å²) in [5.41, 5.74) is 1.03. The van der Waals surface area contributed by atoms with E-state index in [9.17, 15) is 9.59 Å². The molecule has 2 aromatic rings. The fourth-order valence-corrected chi connectivity index (χ4v) is 2.97. The summed E-state index contributed by atoms with van der Waals surface area (Å²) in [6.45, 7) is 2.43. The molecule has 2 aliphatic rings. The molecule has 106 valence electrons. The lowest BCUT2D eigenvalue weighted by Gasteiger charge is -2.12. The van der Waals surface area contributed by atoms with Crippen molar-refractivity contribution in [3.05, 3.63) is 47.5 Å². The van der Waals surface area contributed by atoms with Crippen LogP contribution in [-0.2, 0) is 4.74 Å². The highest BCUT2D eigenvalue weighted by Crippen LogP contribution is 2.30. The van der Waals surface area contributed by atoms with Gasteiger partial charge in [-0.2, -0.15) is 0 Å². The molecule has 1 saturated heterocycles. The Hall–Kier alpha value is -2.20. The van der Waals surface area contributed by atoms with Crippen molar-refractivity contribution in [3.8, 4) is 0 Å². The molecule has 1 fully saturated rings. The second kappa shape index (κ2) is 4.40. The van der Waals surface area contributed by atoms with Crippen molar-refractivity contribution >= 4 is 22.6 Å². The Morgan fingerprint density at radius 1 is 1.05 bits per heavy atom. The van der Waals surface area contributed by atoms with Crippen LogP contribution in [0.2, 0.25) is 0 Å². The van der Waals surface area contributed by atoms with E-state index in [1.165, 1.54) is 4.90 Å². The first-order valence-electron chi connectivity index (χ1n) is 7.19. The molecule has 21 heavy (non-hydrogen) atoms. The molecule has 0 bridgehead atoms. The Labute approximate surface area is 122 Å². The molecule has 2 aliphatic heterocycles. The SMILES string of the molecule is CC1OC1CCN1C(=O)c2cc3ccccc3cc2C1=O. The van der Waals surface area contributed by atoms with Gasteiger partial charge >= 0.3 is 0 Å². The smallest absolute Gasteiger partial charge is 0.261 e. The third kappa shape index (κ3) is 1.94. The number of imide groups is 1. The summed E-state index contributed by atoms with van der Waals surface area (Å²) >= 11 is 0. The number of nitrogens with zero attached hydrogens (tertiary/aromatic N) is 1. The van der Waals surface area contributed by atoms with E-state index in [1.807, 2.05) is 43.3 Å². The molecule has 4 rings (SSSR count). The second-order valence-electron chi connectivity index (χ2n) is 5.68. The van der Waals surface area contributed by atoms with Crippen molar-refractivity contribution in [2.75, 3.05) is 6.54 Å². The van der Waals surface area contributed by atoms with Gasteiger partial charge in [0, 0.05) is 6.54 Å². The molecule has 4 heteroatoms. The van der Waals surface area contributed by atoms with Crippen LogP contribution in [0.25, 0.3) is 10.8 Å². The standard InChI is InChI=1S/C17H15NO3/c1-10-15(21-10)6-7-18-16(19)13-8-11-4-2-3-5-12(11)9-14(13)17(18)20/h2-5,8-10,15H,6-7H2,1H3. The summed E-state index contributed by atoms with van der Waals surface area (Å²) in [4.78, 5) is 26.2. The van der Waals surface area contributed by atoms with Crippen LogP contribution in [0.5, 0.6) is 0 Å². The number of carbonyl (C=O) groups excluding carboxylic acids is 2. The molecule has 4 nitrogen and oxygen atoms in total. The van der Waals surface area contributed by atoms with Gasteiger partial charge in [0.1, 0.15) is 0 Å². The fraction of sp³-hybridized carbons (Fsp3) is 0.294. The number of hydrogen-bond acceptors (Lipinski definition) is 3. The van der Waals surface area contributed by atoms with Crippen LogP contribution in [0.15, 0.2) is 36.4 Å². The third-order valence-electron chi connectivity index (χ3n) is 4.31. The average molecular weight is 281 g/mol. The zero-order valence-electron chi connectivity index (χ0n) is 11.7. The van der Waals surface area contributed by atoms with Crippen LogP contribution in [0, 0.1) is 0 Å². The average Bonchev–Trinajstić information content (AvgIpc) is 3.15. The van der Waals surface area contributed by atoms with Crippen molar-refractivity contribution in [1.29, 1.82) is 0 Å². The highest BCUT2D eigenvalue weighted by molar-refractivity contribution is 6.23. The maximum absolute atomic E-state index is 12.4.